The molecule has 0 aromatic rings. The Balaban J connectivity index is 3.49. The number of hydrogen-bond donors (Lipinski definition) is 2. The van der Waals surface area contributed by atoms with Crippen LogP contribution in [0.25, 0.3) is 0 Å². The highest BCUT2D eigenvalue weighted by molar-refractivity contribution is 7.46. The molecule has 0 aromatic heterocycles. The average Bonchev–Trinajstić information content (AvgIpc) is 2.46. The molecule has 0 bridgehead atoms. The molecule has 2 N–H and O–H groups in total. The van der Waals surface area contributed by atoms with E-state index in [9.17, 15) is 9.36 Å². The molecule has 0 aromatic carbocycles. The van der Waals surface area contributed by atoms with E-state index >= 15 is 0 Å². The highest BCUT2D eigenvalue weighted by Crippen LogP contribution is 2.35. The molecule has 0 heterocycles. The van der Waals surface area contributed by atoms with E-state index in [4.69, 9.17) is 14.5 Å². The van der Waals surface area contributed by atoms with Gasteiger partial charge in [0.15, 0.2) is 0 Å². The molecule has 7 heteroatoms. The lowest BCUT2D eigenvalue weighted by molar-refractivity contribution is -0.144. The Morgan fingerprint density at radius 2 is 1.61 bits per heavy atom. The van der Waals surface area contributed by atoms with Gasteiger partial charge >= 0.3 is 13.8 Å². The second-order valence-electron chi connectivity index (χ2n) is 5.80. The minimum absolute atomic E-state index is 0.0241. The number of carbonyl (C=O) groups excluding carboxylic acids is 1. The van der Waals surface area contributed by atoms with Crippen molar-refractivity contribution in [3.05, 3.63) is 12.2 Å². The van der Waals surface area contributed by atoms with Gasteiger partial charge in [0.1, 0.15) is 6.10 Å². The Labute approximate surface area is 139 Å². The Morgan fingerprint density at radius 1 is 1.09 bits per heavy atom. The number of rotatable bonds is 14. The van der Waals surface area contributed by atoms with Crippen molar-refractivity contribution < 1.29 is 28.4 Å². The smallest absolute Gasteiger partial charge is 0.459 e. The molecule has 0 aliphatic carbocycles. The summed E-state index contributed by atoms with van der Waals surface area (Å²) in [4.78, 5) is 28.5. The van der Waals surface area contributed by atoms with Gasteiger partial charge in [-0.1, -0.05) is 45.6 Å². The highest BCUT2D eigenvalue weighted by Gasteiger charge is 2.13. The molecule has 6 nitrogen and oxygen atoms in total. The normalized spacial score (nSPS) is 12.9. The maximum atomic E-state index is 11.5. The summed E-state index contributed by atoms with van der Waals surface area (Å²) in [5, 5.41) is 0. The topological polar surface area (TPSA) is 93.1 Å². The van der Waals surface area contributed by atoms with E-state index in [-0.39, 0.29) is 18.7 Å². The summed E-state index contributed by atoms with van der Waals surface area (Å²) >= 11 is 0. The summed E-state index contributed by atoms with van der Waals surface area (Å²) in [6, 6.07) is 0. The monoisotopic (exact) mass is 350 g/mol. The van der Waals surface area contributed by atoms with Crippen LogP contribution < -0.4 is 0 Å². The van der Waals surface area contributed by atoms with E-state index in [0.717, 1.165) is 51.4 Å². The first-order chi connectivity index (χ1) is 10.8. The van der Waals surface area contributed by atoms with Crippen LogP contribution in [0.2, 0.25) is 0 Å². The summed E-state index contributed by atoms with van der Waals surface area (Å²) in [5.41, 5.74) is 0.436. The lowest BCUT2D eigenvalue weighted by atomic mass is 10.1. The summed E-state index contributed by atoms with van der Waals surface area (Å²) in [6.07, 6.45) is 8.62. The lowest BCUT2D eigenvalue weighted by Gasteiger charge is -2.16. The number of carbonyl (C=O) groups is 1. The van der Waals surface area contributed by atoms with Gasteiger partial charge in [0.2, 0.25) is 0 Å². The van der Waals surface area contributed by atoms with Gasteiger partial charge in [-0.2, -0.15) is 0 Å². The summed E-state index contributed by atoms with van der Waals surface area (Å²) in [6.45, 7) is 7.35. The summed E-state index contributed by atoms with van der Waals surface area (Å²) in [7, 11) is -4.31. The van der Waals surface area contributed by atoms with Crippen LogP contribution in [0.4, 0.5) is 0 Å². The quantitative estimate of drug-likeness (QED) is 0.212. The van der Waals surface area contributed by atoms with Crippen molar-refractivity contribution in [2.24, 2.45) is 0 Å². The maximum absolute atomic E-state index is 11.5. The first-order valence-corrected chi connectivity index (χ1v) is 9.86. The molecule has 0 fully saturated rings. The van der Waals surface area contributed by atoms with Crippen molar-refractivity contribution in [3.8, 4) is 0 Å². The van der Waals surface area contributed by atoms with Crippen molar-refractivity contribution in [3.63, 3.8) is 0 Å². The van der Waals surface area contributed by atoms with Crippen LogP contribution in [-0.2, 0) is 18.6 Å². The summed E-state index contributed by atoms with van der Waals surface area (Å²) < 4.78 is 20.2. The Hall–Kier alpha value is -0.680. The maximum Gasteiger partial charge on any atom is 0.469 e. The molecule has 0 radical (unpaired) electrons. The molecule has 23 heavy (non-hydrogen) atoms. The van der Waals surface area contributed by atoms with Crippen molar-refractivity contribution in [1.29, 1.82) is 0 Å². The third-order valence-electron chi connectivity index (χ3n) is 3.51. The number of phosphoric ester groups is 1. The van der Waals surface area contributed by atoms with Crippen LogP contribution in [0.3, 0.4) is 0 Å². The molecule has 0 saturated heterocycles. The molecule has 0 spiro atoms. The molecular weight excluding hydrogens is 319 g/mol. The molecule has 0 rings (SSSR count). The standard InChI is InChI=1S/C16H31O6P/c1-4-15(22-16(17)14(2)3)12-10-8-6-5-7-9-11-13-21-23(18,19)20/h15H,2,4-13H2,1,3H3,(H2,18,19,20). The molecule has 1 unspecified atom stereocenters. The number of ether oxygens (including phenoxy) is 1. The van der Waals surface area contributed by atoms with E-state index in [1.54, 1.807) is 6.92 Å². The Bertz CT molecular complexity index is 390. The minimum atomic E-state index is -4.31. The average molecular weight is 350 g/mol. The zero-order valence-corrected chi connectivity index (χ0v) is 15.2. The second-order valence-corrected chi connectivity index (χ2v) is 7.04. The van der Waals surface area contributed by atoms with Crippen LogP contribution in [-0.4, -0.2) is 28.5 Å². The minimum Gasteiger partial charge on any atom is -0.459 e. The predicted molar refractivity (Wildman–Crippen MR) is 89.9 cm³/mol. The number of hydrogen-bond acceptors (Lipinski definition) is 4. The van der Waals surface area contributed by atoms with Crippen LogP contribution in [0.5, 0.6) is 0 Å². The first-order valence-electron chi connectivity index (χ1n) is 8.32. The zero-order valence-electron chi connectivity index (χ0n) is 14.3. The SMILES string of the molecule is C=C(C)C(=O)OC(CC)CCCCCCCCCOP(=O)(O)O. The molecule has 0 saturated carbocycles. The molecular formula is C16H31O6P. The fraction of sp³-hybridized carbons (Fsp3) is 0.812. The fourth-order valence-corrected chi connectivity index (χ4v) is 2.51. The number of unbranched alkanes of at least 4 members (excludes halogenated alkanes) is 6. The van der Waals surface area contributed by atoms with Gasteiger partial charge in [0.05, 0.1) is 6.61 Å². The molecule has 0 aliphatic rings. The molecule has 0 aliphatic heterocycles. The molecule has 136 valence electrons. The molecule has 0 amide bonds. The first kappa shape index (κ1) is 22.3. The van der Waals surface area contributed by atoms with Crippen LogP contribution in [0.1, 0.15) is 71.6 Å². The largest absolute Gasteiger partial charge is 0.469 e. The van der Waals surface area contributed by atoms with Crippen molar-refractivity contribution in [2.75, 3.05) is 6.61 Å². The zero-order chi connectivity index (χ0) is 17.7. The van der Waals surface area contributed by atoms with Crippen LogP contribution >= 0.6 is 7.82 Å². The van der Waals surface area contributed by atoms with Gasteiger partial charge in [-0.3, -0.25) is 4.52 Å². The third kappa shape index (κ3) is 14.6. The van der Waals surface area contributed by atoms with Gasteiger partial charge in [-0.25, -0.2) is 9.36 Å². The highest BCUT2D eigenvalue weighted by atomic mass is 31.2. The van der Waals surface area contributed by atoms with E-state index in [1.807, 2.05) is 6.92 Å². The van der Waals surface area contributed by atoms with Gasteiger partial charge in [-0.15, -0.1) is 0 Å². The third-order valence-corrected chi connectivity index (χ3v) is 4.03. The lowest BCUT2D eigenvalue weighted by Crippen LogP contribution is -2.17. The van der Waals surface area contributed by atoms with Gasteiger partial charge in [-0.05, 0) is 32.6 Å². The van der Waals surface area contributed by atoms with E-state index in [1.165, 1.54) is 0 Å². The summed E-state index contributed by atoms with van der Waals surface area (Å²) in [5.74, 6) is -0.311. The predicted octanol–water partition coefficient (Wildman–Crippen LogP) is 4.11. The van der Waals surface area contributed by atoms with Crippen molar-refractivity contribution in [2.45, 2.75) is 77.7 Å². The van der Waals surface area contributed by atoms with Crippen LogP contribution in [0.15, 0.2) is 12.2 Å². The van der Waals surface area contributed by atoms with Crippen molar-refractivity contribution in [1.82, 2.24) is 0 Å². The van der Waals surface area contributed by atoms with E-state index in [2.05, 4.69) is 11.1 Å². The number of esters is 1. The second kappa shape index (κ2) is 12.7. The van der Waals surface area contributed by atoms with Crippen molar-refractivity contribution >= 4 is 13.8 Å². The molecule has 1 atom stereocenters. The Morgan fingerprint density at radius 3 is 2.09 bits per heavy atom. The van der Waals surface area contributed by atoms with Gasteiger partial charge in [0.25, 0.3) is 0 Å². The van der Waals surface area contributed by atoms with E-state index in [0.29, 0.717) is 12.0 Å². The Kier molecular flexibility index (Phi) is 12.3. The fourth-order valence-electron chi connectivity index (χ4n) is 2.14. The number of phosphoric acid groups is 1. The van der Waals surface area contributed by atoms with Gasteiger partial charge in [0, 0.05) is 5.57 Å². The van der Waals surface area contributed by atoms with Crippen LogP contribution in [0, 0.1) is 0 Å². The van der Waals surface area contributed by atoms with E-state index < -0.39 is 7.82 Å². The van der Waals surface area contributed by atoms with Gasteiger partial charge < -0.3 is 14.5 Å².